The van der Waals surface area contributed by atoms with Gasteiger partial charge in [0.25, 0.3) is 5.78 Å². The van der Waals surface area contributed by atoms with Gasteiger partial charge in [0.2, 0.25) is 5.60 Å². The van der Waals surface area contributed by atoms with Crippen LogP contribution in [0, 0.1) is 0 Å². The average Bonchev–Trinajstić information content (AvgIpc) is 2.66. The first kappa shape index (κ1) is 21.0. The van der Waals surface area contributed by atoms with Gasteiger partial charge in [-0.3, -0.25) is 4.79 Å². The lowest BCUT2D eigenvalue weighted by Gasteiger charge is -2.38. The monoisotopic (exact) mass is 462 g/mol. The zero-order chi connectivity index (χ0) is 22.1. The summed E-state index contributed by atoms with van der Waals surface area (Å²) in [6.07, 6.45) is -10.6. The number of carbonyl (C=O) groups is 1. The second-order valence-corrected chi connectivity index (χ2v) is 8.11. The van der Waals surface area contributed by atoms with E-state index < -0.39 is 40.4 Å². The van der Waals surface area contributed by atoms with Crippen molar-refractivity contribution in [2.45, 2.75) is 27.7 Å². The third-order valence-electron chi connectivity index (χ3n) is 4.84. The van der Waals surface area contributed by atoms with Crippen LogP contribution in [0.15, 0.2) is 58.3 Å². The molecule has 0 saturated heterocycles. The highest BCUT2D eigenvalue weighted by Gasteiger charge is 2.60. The van der Waals surface area contributed by atoms with Crippen molar-refractivity contribution in [1.29, 1.82) is 0 Å². The molecule has 0 spiro atoms. The summed E-state index contributed by atoms with van der Waals surface area (Å²) in [4.78, 5) is 12.0. The number of hydrogen-bond donors (Lipinski definition) is 1. The van der Waals surface area contributed by atoms with E-state index in [9.17, 15) is 36.2 Å². The Morgan fingerprint density at radius 2 is 1.57 bits per heavy atom. The van der Waals surface area contributed by atoms with Crippen molar-refractivity contribution in [2.24, 2.45) is 0 Å². The Labute approximate surface area is 174 Å². The molecule has 1 unspecified atom stereocenters. The highest BCUT2D eigenvalue weighted by atomic mass is 35.5. The molecule has 0 fully saturated rings. The van der Waals surface area contributed by atoms with Gasteiger partial charge in [-0.05, 0) is 35.0 Å². The van der Waals surface area contributed by atoms with Gasteiger partial charge in [0, 0.05) is 31.5 Å². The third kappa shape index (κ3) is 2.99. The summed E-state index contributed by atoms with van der Waals surface area (Å²) in [6.45, 7) is 0. The van der Waals surface area contributed by atoms with Crippen molar-refractivity contribution in [3.8, 4) is 0 Å². The van der Waals surface area contributed by atoms with E-state index in [1.807, 2.05) is 0 Å². The molecule has 3 aromatic carbocycles. The van der Waals surface area contributed by atoms with Gasteiger partial charge < -0.3 is 5.11 Å². The molecular formula is C20H9ClF6O2S. The van der Waals surface area contributed by atoms with Crippen LogP contribution in [0.2, 0.25) is 5.02 Å². The summed E-state index contributed by atoms with van der Waals surface area (Å²) in [7, 11) is 0. The molecule has 0 radical (unpaired) electrons. The van der Waals surface area contributed by atoms with Crippen LogP contribution in [-0.4, -0.2) is 23.2 Å². The fourth-order valence-corrected chi connectivity index (χ4v) is 4.95. The number of benzene rings is 3. The Balaban J connectivity index is 2.15. The summed E-state index contributed by atoms with van der Waals surface area (Å²) in [5.74, 6) is -2.30. The molecule has 1 aliphatic rings. The first-order valence-corrected chi connectivity index (χ1v) is 9.50. The molecule has 30 heavy (non-hydrogen) atoms. The maximum atomic E-state index is 14.2. The molecule has 1 N–H and O–H groups in total. The molecule has 0 amide bonds. The van der Waals surface area contributed by atoms with E-state index in [-0.39, 0.29) is 25.6 Å². The van der Waals surface area contributed by atoms with Gasteiger partial charge in [-0.2, -0.15) is 26.3 Å². The number of carbonyl (C=O) groups excluding carboxylic acids is 1. The van der Waals surface area contributed by atoms with Gasteiger partial charge >= 0.3 is 12.4 Å². The first-order valence-electron chi connectivity index (χ1n) is 8.30. The Hall–Kier alpha value is -2.23. The molecule has 156 valence electrons. The van der Waals surface area contributed by atoms with E-state index in [1.165, 1.54) is 36.4 Å². The lowest BCUT2D eigenvalue weighted by Crippen LogP contribution is -2.45. The first-order chi connectivity index (χ1) is 13.9. The third-order valence-corrected chi connectivity index (χ3v) is 6.30. The molecule has 0 aliphatic carbocycles. The van der Waals surface area contributed by atoms with Crippen LogP contribution in [0.4, 0.5) is 26.3 Å². The lowest BCUT2D eigenvalue weighted by molar-refractivity contribution is -0.250. The van der Waals surface area contributed by atoms with Crippen molar-refractivity contribution >= 4 is 39.9 Å². The number of halogens is 7. The molecule has 0 aromatic heterocycles. The smallest absolute Gasteiger partial charge is 0.372 e. The Morgan fingerprint density at radius 1 is 0.933 bits per heavy atom. The summed E-state index contributed by atoms with van der Waals surface area (Å²) in [6, 6.07) is 9.38. The van der Waals surface area contributed by atoms with E-state index in [0.29, 0.717) is 6.07 Å². The number of fused-ring (bicyclic) bond motifs is 4. The predicted octanol–water partition coefficient (Wildman–Crippen LogP) is 6.50. The minimum Gasteiger partial charge on any atom is -0.372 e. The van der Waals surface area contributed by atoms with Gasteiger partial charge in [-0.25, -0.2) is 0 Å². The van der Waals surface area contributed by atoms with Crippen LogP contribution in [0.25, 0.3) is 10.8 Å². The molecule has 1 atom stereocenters. The quantitative estimate of drug-likeness (QED) is 0.331. The highest BCUT2D eigenvalue weighted by molar-refractivity contribution is 7.99. The molecular weight excluding hydrogens is 454 g/mol. The van der Waals surface area contributed by atoms with Crippen LogP contribution in [0.1, 0.15) is 21.5 Å². The predicted molar refractivity (Wildman–Crippen MR) is 99.0 cm³/mol. The van der Waals surface area contributed by atoms with Crippen LogP contribution in [0.3, 0.4) is 0 Å². The zero-order valence-corrected chi connectivity index (χ0v) is 16.1. The van der Waals surface area contributed by atoms with Crippen molar-refractivity contribution in [3.63, 3.8) is 0 Å². The topological polar surface area (TPSA) is 37.3 Å². The van der Waals surface area contributed by atoms with E-state index in [0.717, 1.165) is 17.8 Å². The average molecular weight is 463 g/mol. The largest absolute Gasteiger partial charge is 0.454 e. The standard InChI is InChI=1S/C20H9ClF6O2S/c21-9-5-6-15-13(7-9)18(29,20(25,26)27)14-8-12(17(28)19(22,23)24)10-3-1-2-4-11(10)16(14)30-15/h1-8,29H. The molecule has 2 nitrogen and oxygen atoms in total. The Kier molecular flexibility index (Phi) is 4.65. The number of alkyl halides is 6. The number of aliphatic hydroxyl groups is 1. The number of Topliss-reactive ketones (excluding diaryl/α,β-unsaturated/α-hetero) is 1. The van der Waals surface area contributed by atoms with Gasteiger partial charge in [0.05, 0.1) is 0 Å². The fraction of sp³-hybridized carbons (Fsp3) is 0.150. The van der Waals surface area contributed by atoms with Gasteiger partial charge in [-0.15, -0.1) is 0 Å². The molecule has 0 saturated carbocycles. The second kappa shape index (κ2) is 6.63. The van der Waals surface area contributed by atoms with Crippen LogP contribution < -0.4 is 0 Å². The summed E-state index contributed by atoms with van der Waals surface area (Å²) >= 11 is 6.68. The molecule has 10 heteroatoms. The number of hydrogen-bond acceptors (Lipinski definition) is 3. The van der Waals surface area contributed by atoms with Gasteiger partial charge in [-0.1, -0.05) is 47.6 Å². The summed E-state index contributed by atoms with van der Waals surface area (Å²) < 4.78 is 82.0. The van der Waals surface area contributed by atoms with Crippen molar-refractivity contribution in [1.82, 2.24) is 0 Å². The molecule has 4 rings (SSSR count). The molecule has 0 bridgehead atoms. The van der Waals surface area contributed by atoms with E-state index in [2.05, 4.69) is 0 Å². The van der Waals surface area contributed by atoms with Crippen LogP contribution >= 0.6 is 23.4 Å². The van der Waals surface area contributed by atoms with Crippen LogP contribution in [0.5, 0.6) is 0 Å². The van der Waals surface area contributed by atoms with Crippen molar-refractivity contribution in [2.75, 3.05) is 0 Å². The number of ketones is 1. The SMILES string of the molecule is O=C(c1cc2c(c3ccccc13)Sc1ccc(Cl)cc1C2(O)C(F)(F)F)C(F)(F)F. The van der Waals surface area contributed by atoms with Crippen molar-refractivity contribution < 1.29 is 36.2 Å². The van der Waals surface area contributed by atoms with E-state index in [4.69, 9.17) is 11.6 Å². The van der Waals surface area contributed by atoms with E-state index in [1.54, 1.807) is 0 Å². The normalized spacial score (nSPS) is 18.8. The number of rotatable bonds is 1. The lowest BCUT2D eigenvalue weighted by atomic mass is 9.82. The fourth-order valence-electron chi connectivity index (χ4n) is 3.50. The minimum atomic E-state index is -5.31. The summed E-state index contributed by atoms with van der Waals surface area (Å²) in [5.41, 5.74) is -6.08. The Bertz CT molecular complexity index is 1200. The maximum absolute atomic E-state index is 14.2. The maximum Gasteiger partial charge on any atom is 0.454 e. The Morgan fingerprint density at radius 3 is 2.17 bits per heavy atom. The second-order valence-electron chi connectivity index (χ2n) is 6.62. The zero-order valence-electron chi connectivity index (χ0n) is 14.5. The van der Waals surface area contributed by atoms with Crippen LogP contribution in [-0.2, 0) is 5.60 Å². The van der Waals surface area contributed by atoms with Gasteiger partial charge in [0.1, 0.15) is 0 Å². The molecule has 1 aliphatic heterocycles. The molecule has 1 heterocycles. The van der Waals surface area contributed by atoms with Gasteiger partial charge in [0.15, 0.2) is 0 Å². The van der Waals surface area contributed by atoms with Crippen molar-refractivity contribution in [3.05, 3.63) is 70.2 Å². The summed E-state index contributed by atoms with van der Waals surface area (Å²) in [5, 5.41) is 10.7. The minimum absolute atomic E-state index is 0.00382. The molecule has 3 aromatic rings. The highest BCUT2D eigenvalue weighted by Crippen LogP contribution is 2.57. The van der Waals surface area contributed by atoms with E-state index >= 15 is 0 Å².